The first-order valence-electron chi connectivity index (χ1n) is 28.8. The zero-order valence-corrected chi connectivity index (χ0v) is 49.8. The Bertz CT molecular complexity index is 3580. The number of hydrogen-bond acceptors (Lipinski definition) is 19. The van der Waals surface area contributed by atoms with Gasteiger partial charge in [-0.05, 0) is 51.7 Å². The zero-order valence-electron chi connectivity index (χ0n) is 49.8. The van der Waals surface area contributed by atoms with Crippen LogP contribution in [0.5, 0.6) is 28.7 Å². The summed E-state index contributed by atoms with van der Waals surface area (Å²) in [5, 5.41) is 77.5. The third-order valence-electron chi connectivity index (χ3n) is 17.7. The predicted octanol–water partition coefficient (Wildman–Crippen LogP) is 6.64. The molecule has 0 unspecified atom stereocenters. The number of piperazine rings is 1. The first kappa shape index (κ1) is 62.3. The normalized spacial score (nSPS) is 27.6. The van der Waals surface area contributed by atoms with Crippen molar-refractivity contribution in [2.45, 2.75) is 117 Å². The molecule has 0 spiro atoms. The molecule has 7 N–H and O–H groups in total. The molecule has 3 aromatic carbocycles. The van der Waals surface area contributed by atoms with Crippen molar-refractivity contribution in [3.8, 4) is 28.7 Å². The maximum absolute atomic E-state index is 16.1. The van der Waals surface area contributed by atoms with Gasteiger partial charge in [-0.25, -0.2) is 9.18 Å². The Kier molecular flexibility index (Phi) is 17.9. The number of aliphatic hydroxyl groups excluding tert-OH is 2. The molecule has 3 fully saturated rings. The highest BCUT2D eigenvalue weighted by Crippen LogP contribution is 2.55. The molecule has 9 atom stereocenters. The number of Topliss-reactive ketones (excluding diaryl/α,β-unsaturated/α-hetero) is 1. The number of halogens is 1. The van der Waals surface area contributed by atoms with Crippen molar-refractivity contribution < 1.29 is 82.7 Å². The number of aliphatic hydroxyl groups is 2. The average molecular weight is 1200 g/mol. The number of carboxylic acid groups (broad SMARTS) is 1. The van der Waals surface area contributed by atoms with Crippen molar-refractivity contribution in [2.75, 3.05) is 63.7 Å². The second-order valence-electron chi connectivity index (χ2n) is 23.4. The predicted molar refractivity (Wildman–Crippen MR) is 314 cm³/mol. The molecule has 1 aromatic heterocycles. The number of rotatable bonds is 9. The molecule has 5 aliphatic heterocycles. The number of carbonyl (C=O) groups excluding carboxylic acids is 4. The number of hydrazone groups is 1. The molecule has 6 heterocycles. The fraction of sp³-hybridized carbons (Fsp3) is 0.500. The molecule has 24 heteroatoms. The van der Waals surface area contributed by atoms with Crippen LogP contribution in [0.3, 0.4) is 0 Å². The molecule has 462 valence electrons. The van der Waals surface area contributed by atoms with Gasteiger partial charge in [-0.1, -0.05) is 45.9 Å². The number of allylic oxidation sites excluding steroid dienone is 2. The molecule has 0 radical (unpaired) electrons. The van der Waals surface area contributed by atoms with Crippen molar-refractivity contribution in [3.63, 3.8) is 0 Å². The van der Waals surface area contributed by atoms with Gasteiger partial charge in [0.2, 0.25) is 11.3 Å². The Balaban J connectivity index is 0.991. The Hall–Kier alpha value is -8.22. The van der Waals surface area contributed by atoms with Crippen LogP contribution < -0.4 is 25.1 Å². The monoisotopic (exact) mass is 1190 g/mol. The fourth-order valence-corrected chi connectivity index (χ4v) is 12.4. The minimum Gasteiger partial charge on any atom is -0.507 e. The summed E-state index contributed by atoms with van der Waals surface area (Å²) in [5.41, 5.74) is -1.68. The fourth-order valence-electron chi connectivity index (χ4n) is 12.4. The van der Waals surface area contributed by atoms with Crippen LogP contribution in [-0.2, 0) is 28.6 Å². The molecule has 6 aliphatic rings. The number of fused-ring (bicyclic) bond motifs is 15. The van der Waals surface area contributed by atoms with Crippen LogP contribution in [0.25, 0.3) is 21.7 Å². The van der Waals surface area contributed by atoms with E-state index in [9.17, 15) is 59.4 Å². The molecule has 4 aromatic rings. The maximum Gasteiger partial charge on any atom is 0.341 e. The quantitative estimate of drug-likeness (QED) is 0.0399. The van der Waals surface area contributed by atoms with Crippen LogP contribution in [0.2, 0.25) is 0 Å². The van der Waals surface area contributed by atoms with Crippen molar-refractivity contribution in [1.82, 2.24) is 14.5 Å². The van der Waals surface area contributed by atoms with Gasteiger partial charge < -0.3 is 74.0 Å². The molecule has 1 saturated carbocycles. The number of ether oxygens (including phenoxy) is 5. The Labute approximate surface area is 495 Å². The summed E-state index contributed by atoms with van der Waals surface area (Å²) in [6, 6.07) is 0.982. The summed E-state index contributed by atoms with van der Waals surface area (Å²) in [6.45, 7) is 13.7. The lowest BCUT2D eigenvalue weighted by atomic mass is 9.78. The van der Waals surface area contributed by atoms with Gasteiger partial charge in [0.1, 0.15) is 34.6 Å². The molecular weight excluding hydrogens is 1120 g/mol. The molecule has 10 rings (SSSR count). The van der Waals surface area contributed by atoms with Gasteiger partial charge in [0, 0.05) is 119 Å². The Morgan fingerprint density at radius 2 is 1.55 bits per heavy atom. The van der Waals surface area contributed by atoms with Gasteiger partial charge in [0.25, 0.3) is 11.7 Å². The summed E-state index contributed by atoms with van der Waals surface area (Å²) in [7, 11) is 2.78. The number of phenolic OH excluding ortho intramolecular Hbond substituents is 3. The number of anilines is 2. The second-order valence-corrected chi connectivity index (χ2v) is 23.4. The standard InChI is InChI=1S/C62H75FN6O17/c1-29-12-11-13-30(2)59(78)65-46-39(27-64-68-19-16-36(17-20-68)60(79)67-23-21-66(22-24-67)48-41(63)26-38-47(57(48)83-10)69(37-14-15-37)28-40(52(38)74)61(80)81)53(75)43-44(54(46)76)51(73)34(6)56-45(43)58(77)62(8,86-56)84-25-18-42(82-9)31(3)55(85-35(7)70)33(5)50(72)32(4)49(29)71/h11-13,18,25-29,31-33,36-37,42,49-50,55,71-73,75-76H,14-17,19-24H2,1-10H3,(H,65,78)(H,80,81)/b12-11+,25-18+,30-13-,64-27+/t29-,31-,32-,33-,42+,49+,50-,55-,62+/m1/s1. The zero-order chi connectivity index (χ0) is 62.5. The summed E-state index contributed by atoms with van der Waals surface area (Å²) in [4.78, 5) is 84.2. The lowest BCUT2D eigenvalue weighted by Crippen LogP contribution is -2.51. The SMILES string of the molecule is COc1c(N2CCN(C(=O)C3CCN(/N=C/c4c5c(O)c6c(O)c(C)c7c(c6c4O)C(=O)[C@@](C)(O/C=C/[C@H](OC)[C@@H](C)[C@@H](OC(C)=O)[C@H](C)[C@H](O)[C@H](C)[C@@H](O)[C@H](C)/C=C/C=C(/C)C(=O)N5)O7)CC3)CC2)c(F)cc2c(=O)c(C(=O)O)cn(C3CC3)c12. The summed E-state index contributed by atoms with van der Waals surface area (Å²) < 4.78 is 47.4. The number of esters is 1. The first-order valence-corrected chi connectivity index (χ1v) is 28.8. The number of amides is 2. The molecular formula is C62H75FN6O17. The number of aromatic nitrogens is 1. The highest BCUT2D eigenvalue weighted by molar-refractivity contribution is 6.24. The van der Waals surface area contributed by atoms with Gasteiger partial charge in [0.15, 0.2) is 17.3 Å². The van der Waals surface area contributed by atoms with E-state index in [0.717, 1.165) is 25.2 Å². The lowest BCUT2D eigenvalue weighted by molar-refractivity contribution is -0.160. The average Bonchev–Trinajstić information content (AvgIpc) is 1.45. The van der Waals surface area contributed by atoms with Crippen LogP contribution in [0.1, 0.15) is 112 Å². The number of nitrogens with one attached hydrogen (secondary N) is 1. The largest absolute Gasteiger partial charge is 0.507 e. The summed E-state index contributed by atoms with van der Waals surface area (Å²) in [6.07, 6.45) is 7.84. The highest BCUT2D eigenvalue weighted by Gasteiger charge is 2.50. The highest BCUT2D eigenvalue weighted by atomic mass is 19.1. The van der Waals surface area contributed by atoms with Crippen LogP contribution in [0, 0.1) is 42.3 Å². The van der Waals surface area contributed by atoms with Crippen LogP contribution in [0.15, 0.2) is 58.3 Å². The van der Waals surface area contributed by atoms with Crippen molar-refractivity contribution in [1.29, 1.82) is 0 Å². The smallest absolute Gasteiger partial charge is 0.341 e. The number of pyridine rings is 1. The third kappa shape index (κ3) is 11.5. The number of hydrogen-bond donors (Lipinski definition) is 7. The minimum atomic E-state index is -2.14. The number of carboxylic acids is 1. The van der Waals surface area contributed by atoms with Crippen molar-refractivity contribution in [2.24, 2.45) is 34.7 Å². The lowest BCUT2D eigenvalue weighted by Gasteiger charge is -2.39. The number of methoxy groups -OCH3 is 2. The number of aromatic hydroxyl groups is 3. The van der Waals surface area contributed by atoms with Crippen molar-refractivity contribution in [3.05, 3.63) is 86.7 Å². The molecule has 2 amide bonds. The van der Waals surface area contributed by atoms with E-state index < -0.39 is 123 Å². The number of piperidine rings is 1. The second kappa shape index (κ2) is 24.6. The van der Waals surface area contributed by atoms with Gasteiger partial charge >= 0.3 is 17.7 Å². The van der Waals surface area contributed by atoms with Gasteiger partial charge in [-0.3, -0.25) is 29.0 Å². The number of nitrogens with zero attached hydrogens (tertiary/aromatic N) is 5. The van der Waals surface area contributed by atoms with E-state index in [1.807, 2.05) is 0 Å². The van der Waals surface area contributed by atoms with Crippen molar-refractivity contribution >= 4 is 68.8 Å². The Morgan fingerprint density at radius 3 is 2.16 bits per heavy atom. The van der Waals surface area contributed by atoms with E-state index in [1.54, 1.807) is 59.2 Å². The molecule has 23 nitrogen and oxygen atoms in total. The molecule has 86 heavy (non-hydrogen) atoms. The van der Waals surface area contributed by atoms with Crippen LogP contribution in [-0.4, -0.2) is 165 Å². The summed E-state index contributed by atoms with van der Waals surface area (Å²) in [5.74, 6) is -11.8. The number of aromatic carboxylic acids is 1. The van der Waals surface area contributed by atoms with E-state index in [4.69, 9.17) is 23.7 Å². The number of ketones is 1. The molecule has 1 aliphatic carbocycles. The van der Waals surface area contributed by atoms with Gasteiger partial charge in [-0.15, -0.1) is 0 Å². The van der Waals surface area contributed by atoms with E-state index >= 15 is 4.39 Å². The maximum atomic E-state index is 16.1. The topological polar surface area (TPSA) is 309 Å². The van der Waals surface area contributed by atoms with Crippen LogP contribution >= 0.6 is 0 Å². The van der Waals surface area contributed by atoms with E-state index in [-0.39, 0.29) is 107 Å². The van der Waals surface area contributed by atoms with E-state index in [0.29, 0.717) is 18.4 Å². The first-order chi connectivity index (χ1) is 40.7. The number of benzene rings is 3. The number of carbonyl (C=O) groups is 5. The molecule has 2 saturated heterocycles. The number of phenols is 3. The van der Waals surface area contributed by atoms with E-state index in [1.165, 1.54) is 66.5 Å². The molecule has 5 bridgehead atoms. The Morgan fingerprint density at radius 1 is 0.872 bits per heavy atom. The van der Waals surface area contributed by atoms with Gasteiger partial charge in [0.05, 0.1) is 71.0 Å². The van der Waals surface area contributed by atoms with Crippen LogP contribution in [0.4, 0.5) is 15.8 Å². The van der Waals surface area contributed by atoms with E-state index in [2.05, 4.69) is 10.4 Å². The minimum absolute atomic E-state index is 0.0124. The summed E-state index contributed by atoms with van der Waals surface area (Å²) >= 11 is 0. The third-order valence-corrected chi connectivity index (χ3v) is 17.7. The van der Waals surface area contributed by atoms with Gasteiger partial charge in [-0.2, -0.15) is 5.10 Å².